The van der Waals surface area contributed by atoms with Crippen molar-refractivity contribution in [3.63, 3.8) is 0 Å². The van der Waals surface area contributed by atoms with Gasteiger partial charge in [-0.2, -0.15) is 0 Å². The van der Waals surface area contributed by atoms with E-state index in [-0.39, 0.29) is 5.43 Å². The highest BCUT2D eigenvalue weighted by Crippen LogP contribution is 2.25. The standard InChI is InChI=1S/C22H20N2O3/c1-24(2)9-10-26-17-7-8-21-18(12-17)20(25)13-22(27-21)19-11-15-5-3-4-6-16(15)14-23-19/h3-8,11-14H,9-10H2,1-2H3. The number of hydrogen-bond donors (Lipinski definition) is 0. The highest BCUT2D eigenvalue weighted by Gasteiger charge is 2.10. The minimum absolute atomic E-state index is 0.112. The van der Waals surface area contributed by atoms with Gasteiger partial charge in [-0.3, -0.25) is 9.78 Å². The molecule has 0 atom stereocenters. The summed E-state index contributed by atoms with van der Waals surface area (Å²) in [6, 6.07) is 16.7. The van der Waals surface area contributed by atoms with Crippen molar-refractivity contribution in [2.75, 3.05) is 27.2 Å². The SMILES string of the molecule is CN(C)CCOc1ccc2oc(-c3cc4ccccc4cn3)cc(=O)c2c1. The lowest BCUT2D eigenvalue weighted by atomic mass is 10.1. The molecule has 0 aliphatic carbocycles. The molecule has 5 heteroatoms. The van der Waals surface area contributed by atoms with Crippen LogP contribution in [-0.2, 0) is 0 Å². The van der Waals surface area contributed by atoms with Crippen LogP contribution in [0.15, 0.2) is 70.0 Å². The van der Waals surface area contributed by atoms with Gasteiger partial charge in [0.05, 0.1) is 5.39 Å². The van der Waals surface area contributed by atoms with Gasteiger partial charge in [0.1, 0.15) is 23.6 Å². The average Bonchev–Trinajstić information content (AvgIpc) is 2.67. The first-order valence-electron chi connectivity index (χ1n) is 8.81. The number of nitrogens with zero attached hydrogens (tertiary/aromatic N) is 2. The molecule has 2 heterocycles. The molecule has 2 aromatic carbocycles. The second-order valence-electron chi connectivity index (χ2n) is 6.70. The first-order chi connectivity index (χ1) is 13.1. The summed E-state index contributed by atoms with van der Waals surface area (Å²) in [5, 5.41) is 2.60. The van der Waals surface area contributed by atoms with Crippen molar-refractivity contribution in [1.29, 1.82) is 0 Å². The van der Waals surface area contributed by atoms with Gasteiger partial charge in [-0.15, -0.1) is 0 Å². The van der Waals surface area contributed by atoms with Crippen molar-refractivity contribution in [2.45, 2.75) is 0 Å². The smallest absolute Gasteiger partial charge is 0.193 e. The molecule has 5 nitrogen and oxygen atoms in total. The molecule has 0 spiro atoms. The summed E-state index contributed by atoms with van der Waals surface area (Å²) in [6.45, 7) is 1.36. The van der Waals surface area contributed by atoms with Crippen molar-refractivity contribution >= 4 is 21.7 Å². The Bertz CT molecular complexity index is 1160. The number of likely N-dealkylation sites (N-methyl/N-ethyl adjacent to an activating group) is 1. The first-order valence-corrected chi connectivity index (χ1v) is 8.81. The lowest BCUT2D eigenvalue weighted by molar-refractivity contribution is 0.261. The summed E-state index contributed by atoms with van der Waals surface area (Å²) >= 11 is 0. The van der Waals surface area contributed by atoms with Gasteiger partial charge in [0, 0.05) is 24.2 Å². The molecule has 0 radical (unpaired) electrons. The molecule has 0 fully saturated rings. The van der Waals surface area contributed by atoms with Crippen LogP contribution in [0, 0.1) is 0 Å². The van der Waals surface area contributed by atoms with Gasteiger partial charge in [-0.1, -0.05) is 24.3 Å². The first kappa shape index (κ1) is 17.2. The van der Waals surface area contributed by atoms with Crippen molar-refractivity contribution in [3.05, 3.63) is 71.0 Å². The molecule has 0 saturated carbocycles. The van der Waals surface area contributed by atoms with Crippen LogP contribution in [0.1, 0.15) is 0 Å². The molecule has 0 amide bonds. The fourth-order valence-corrected chi connectivity index (χ4v) is 2.92. The van der Waals surface area contributed by atoms with Crippen molar-refractivity contribution < 1.29 is 9.15 Å². The van der Waals surface area contributed by atoms with Crippen molar-refractivity contribution in [2.24, 2.45) is 0 Å². The van der Waals surface area contributed by atoms with Gasteiger partial charge < -0.3 is 14.1 Å². The van der Waals surface area contributed by atoms with Gasteiger partial charge in [-0.25, -0.2) is 0 Å². The Kier molecular flexibility index (Phi) is 4.60. The Morgan fingerprint density at radius 3 is 2.67 bits per heavy atom. The highest BCUT2D eigenvalue weighted by molar-refractivity contribution is 5.85. The third-order valence-corrected chi connectivity index (χ3v) is 4.39. The van der Waals surface area contributed by atoms with Gasteiger partial charge >= 0.3 is 0 Å². The molecule has 0 aliphatic rings. The van der Waals surface area contributed by atoms with Gasteiger partial charge in [0.2, 0.25) is 0 Å². The topological polar surface area (TPSA) is 55.6 Å². The Balaban J connectivity index is 1.69. The molecular weight excluding hydrogens is 340 g/mol. The second-order valence-corrected chi connectivity index (χ2v) is 6.70. The fourth-order valence-electron chi connectivity index (χ4n) is 2.92. The van der Waals surface area contributed by atoms with Crippen LogP contribution in [-0.4, -0.2) is 37.1 Å². The molecule has 2 aromatic heterocycles. The monoisotopic (exact) mass is 360 g/mol. The van der Waals surface area contributed by atoms with Crippen LogP contribution in [0.3, 0.4) is 0 Å². The fraction of sp³-hybridized carbons (Fsp3) is 0.182. The Labute approximate surface area is 156 Å². The van der Waals surface area contributed by atoms with E-state index < -0.39 is 0 Å². The minimum atomic E-state index is -0.112. The maximum absolute atomic E-state index is 12.6. The summed E-state index contributed by atoms with van der Waals surface area (Å²) in [5.74, 6) is 1.12. The van der Waals surface area contributed by atoms with Gasteiger partial charge in [0.25, 0.3) is 0 Å². The van der Waals surface area contributed by atoms with E-state index in [0.29, 0.717) is 34.8 Å². The number of aromatic nitrogens is 1. The maximum atomic E-state index is 12.6. The van der Waals surface area contributed by atoms with E-state index in [1.807, 2.05) is 55.4 Å². The predicted molar refractivity (Wildman–Crippen MR) is 107 cm³/mol. The highest BCUT2D eigenvalue weighted by atomic mass is 16.5. The Morgan fingerprint density at radius 2 is 1.85 bits per heavy atom. The largest absolute Gasteiger partial charge is 0.492 e. The quantitative estimate of drug-likeness (QED) is 0.539. The summed E-state index contributed by atoms with van der Waals surface area (Å²) in [4.78, 5) is 19.1. The lowest BCUT2D eigenvalue weighted by Gasteiger charge is -2.11. The van der Waals surface area contributed by atoms with Crippen molar-refractivity contribution in [3.8, 4) is 17.2 Å². The normalized spacial score (nSPS) is 11.4. The van der Waals surface area contributed by atoms with Crippen LogP contribution < -0.4 is 10.2 Å². The zero-order valence-electron chi connectivity index (χ0n) is 15.3. The molecule has 0 aliphatic heterocycles. The summed E-state index contributed by atoms with van der Waals surface area (Å²) in [7, 11) is 3.97. The van der Waals surface area contributed by atoms with E-state index >= 15 is 0 Å². The Morgan fingerprint density at radius 1 is 1.04 bits per heavy atom. The number of hydrogen-bond acceptors (Lipinski definition) is 5. The third kappa shape index (κ3) is 3.68. The molecule has 0 unspecified atom stereocenters. The van der Waals surface area contributed by atoms with Crippen LogP contribution in [0.4, 0.5) is 0 Å². The number of benzene rings is 2. The van der Waals surface area contributed by atoms with Crippen LogP contribution in [0.2, 0.25) is 0 Å². The number of rotatable bonds is 5. The molecular formula is C22H20N2O3. The predicted octanol–water partition coefficient (Wildman–Crippen LogP) is 3.95. The van der Waals surface area contributed by atoms with E-state index in [2.05, 4.69) is 4.98 Å². The average molecular weight is 360 g/mol. The number of ether oxygens (including phenoxy) is 1. The van der Waals surface area contributed by atoms with Crippen LogP contribution >= 0.6 is 0 Å². The second kappa shape index (κ2) is 7.21. The molecule has 0 bridgehead atoms. The van der Waals surface area contributed by atoms with E-state index in [0.717, 1.165) is 17.3 Å². The molecule has 4 aromatic rings. The third-order valence-electron chi connectivity index (χ3n) is 4.39. The van der Waals surface area contributed by atoms with Crippen molar-refractivity contribution in [1.82, 2.24) is 9.88 Å². The van der Waals surface area contributed by atoms with Gasteiger partial charge in [0.15, 0.2) is 11.2 Å². The summed E-state index contributed by atoms with van der Waals surface area (Å²) in [5.41, 5.74) is 1.05. The zero-order chi connectivity index (χ0) is 18.8. The maximum Gasteiger partial charge on any atom is 0.193 e. The lowest BCUT2D eigenvalue weighted by Crippen LogP contribution is -2.19. The molecule has 27 heavy (non-hydrogen) atoms. The van der Waals surface area contributed by atoms with Crippen LogP contribution in [0.25, 0.3) is 33.2 Å². The minimum Gasteiger partial charge on any atom is -0.492 e. The molecule has 0 N–H and O–H groups in total. The van der Waals surface area contributed by atoms with Crippen LogP contribution in [0.5, 0.6) is 5.75 Å². The van der Waals surface area contributed by atoms with E-state index in [4.69, 9.17) is 9.15 Å². The van der Waals surface area contributed by atoms with E-state index in [1.54, 1.807) is 18.3 Å². The van der Waals surface area contributed by atoms with E-state index in [1.165, 1.54) is 6.07 Å². The molecule has 0 saturated heterocycles. The van der Waals surface area contributed by atoms with E-state index in [9.17, 15) is 4.79 Å². The summed E-state index contributed by atoms with van der Waals surface area (Å²) in [6.07, 6.45) is 1.79. The molecule has 136 valence electrons. The number of fused-ring (bicyclic) bond motifs is 2. The summed E-state index contributed by atoms with van der Waals surface area (Å²) < 4.78 is 11.7. The molecule has 4 rings (SSSR count). The van der Waals surface area contributed by atoms with Gasteiger partial charge in [-0.05, 0) is 43.7 Å². The Hall–Kier alpha value is -3.18. The zero-order valence-corrected chi connectivity index (χ0v) is 15.3. The number of pyridine rings is 1.